The molecule has 0 aromatic rings. The standard InChI is InChI=1S/C12H22N4O2/c17-12(14-10-1-6-18-9-10)16-4-2-15(3-5-16)11-7-13-8-11/h10-11,13H,1-9H2,(H,14,17). The predicted molar refractivity (Wildman–Crippen MR) is 67.6 cm³/mol. The maximum atomic E-state index is 12.0. The fraction of sp³-hybridized carbons (Fsp3) is 0.917. The number of hydrogen-bond acceptors (Lipinski definition) is 4. The van der Waals surface area contributed by atoms with E-state index >= 15 is 0 Å². The molecule has 3 aliphatic heterocycles. The van der Waals surface area contributed by atoms with Crippen molar-refractivity contribution in [2.75, 3.05) is 52.5 Å². The topological polar surface area (TPSA) is 56.8 Å². The van der Waals surface area contributed by atoms with Crippen molar-refractivity contribution in [1.82, 2.24) is 20.4 Å². The molecule has 6 heteroatoms. The molecule has 0 radical (unpaired) electrons. The summed E-state index contributed by atoms with van der Waals surface area (Å²) in [6.45, 7) is 7.33. The van der Waals surface area contributed by atoms with Gasteiger partial charge in [0, 0.05) is 51.9 Å². The molecule has 3 saturated heterocycles. The Morgan fingerprint density at radius 1 is 1.22 bits per heavy atom. The van der Waals surface area contributed by atoms with Gasteiger partial charge >= 0.3 is 6.03 Å². The minimum Gasteiger partial charge on any atom is -0.379 e. The number of nitrogens with one attached hydrogen (secondary N) is 2. The van der Waals surface area contributed by atoms with E-state index < -0.39 is 0 Å². The molecule has 1 atom stereocenters. The normalized spacial score (nSPS) is 30.2. The summed E-state index contributed by atoms with van der Waals surface area (Å²) in [5.41, 5.74) is 0. The third kappa shape index (κ3) is 2.60. The molecular weight excluding hydrogens is 232 g/mol. The lowest BCUT2D eigenvalue weighted by molar-refractivity contribution is 0.0833. The van der Waals surface area contributed by atoms with Crippen LogP contribution in [0.4, 0.5) is 4.79 Å². The van der Waals surface area contributed by atoms with Crippen molar-refractivity contribution >= 4 is 6.03 Å². The molecule has 3 heterocycles. The van der Waals surface area contributed by atoms with E-state index in [2.05, 4.69) is 15.5 Å². The Morgan fingerprint density at radius 3 is 2.56 bits per heavy atom. The van der Waals surface area contributed by atoms with Gasteiger partial charge in [0.25, 0.3) is 0 Å². The van der Waals surface area contributed by atoms with Gasteiger partial charge in [-0.15, -0.1) is 0 Å². The quantitative estimate of drug-likeness (QED) is 0.669. The van der Waals surface area contributed by atoms with Gasteiger partial charge in [-0.1, -0.05) is 0 Å². The fourth-order valence-electron chi connectivity index (χ4n) is 2.74. The summed E-state index contributed by atoms with van der Waals surface area (Å²) in [7, 11) is 0. The van der Waals surface area contributed by atoms with E-state index in [9.17, 15) is 4.79 Å². The van der Waals surface area contributed by atoms with Crippen LogP contribution < -0.4 is 10.6 Å². The number of rotatable bonds is 2. The zero-order valence-electron chi connectivity index (χ0n) is 10.7. The number of urea groups is 1. The lowest BCUT2D eigenvalue weighted by atomic mass is 10.1. The lowest BCUT2D eigenvalue weighted by Gasteiger charge is -2.43. The first kappa shape index (κ1) is 12.2. The van der Waals surface area contributed by atoms with Gasteiger partial charge in [-0.25, -0.2) is 4.79 Å². The summed E-state index contributed by atoms with van der Waals surface area (Å²) in [4.78, 5) is 16.5. The number of hydrogen-bond donors (Lipinski definition) is 2. The molecule has 3 fully saturated rings. The Hall–Kier alpha value is -0.850. The summed E-state index contributed by atoms with van der Waals surface area (Å²) >= 11 is 0. The Kier molecular flexibility index (Phi) is 3.67. The molecule has 3 rings (SSSR count). The Labute approximate surface area is 108 Å². The van der Waals surface area contributed by atoms with Crippen molar-refractivity contribution in [2.24, 2.45) is 0 Å². The van der Waals surface area contributed by atoms with Crippen LogP contribution >= 0.6 is 0 Å². The van der Waals surface area contributed by atoms with Gasteiger partial charge in [0.15, 0.2) is 0 Å². The third-order valence-electron chi connectivity index (χ3n) is 4.14. The summed E-state index contributed by atoms with van der Waals surface area (Å²) < 4.78 is 5.27. The molecule has 0 saturated carbocycles. The summed E-state index contributed by atoms with van der Waals surface area (Å²) in [6.07, 6.45) is 0.944. The average Bonchev–Trinajstić information content (AvgIpc) is 2.80. The van der Waals surface area contributed by atoms with Gasteiger partial charge in [-0.2, -0.15) is 0 Å². The third-order valence-corrected chi connectivity index (χ3v) is 4.14. The molecule has 1 unspecified atom stereocenters. The predicted octanol–water partition coefficient (Wildman–Crippen LogP) is -0.926. The van der Waals surface area contributed by atoms with Crippen molar-refractivity contribution in [2.45, 2.75) is 18.5 Å². The number of ether oxygens (including phenoxy) is 1. The van der Waals surface area contributed by atoms with Crippen LogP contribution in [0.1, 0.15) is 6.42 Å². The minimum atomic E-state index is 0.0804. The lowest BCUT2D eigenvalue weighted by Crippen LogP contribution is -2.62. The number of carbonyl (C=O) groups is 1. The van der Waals surface area contributed by atoms with Crippen LogP contribution in [0.2, 0.25) is 0 Å². The highest BCUT2D eigenvalue weighted by molar-refractivity contribution is 5.74. The molecule has 6 nitrogen and oxygen atoms in total. The molecule has 102 valence electrons. The maximum absolute atomic E-state index is 12.0. The van der Waals surface area contributed by atoms with Crippen molar-refractivity contribution in [3.63, 3.8) is 0 Å². The molecule has 18 heavy (non-hydrogen) atoms. The molecule has 0 aromatic carbocycles. The first-order valence-corrected chi connectivity index (χ1v) is 6.91. The highest BCUT2D eigenvalue weighted by Gasteiger charge is 2.30. The van der Waals surface area contributed by atoms with E-state index in [1.165, 1.54) is 0 Å². The second-order valence-electron chi connectivity index (χ2n) is 5.35. The molecule has 0 spiro atoms. The second-order valence-corrected chi connectivity index (χ2v) is 5.35. The van der Waals surface area contributed by atoms with Crippen LogP contribution in [-0.4, -0.2) is 80.4 Å². The van der Waals surface area contributed by atoms with Crippen LogP contribution in [0, 0.1) is 0 Å². The van der Waals surface area contributed by atoms with E-state index in [0.29, 0.717) is 12.6 Å². The van der Waals surface area contributed by atoms with Crippen LogP contribution in [-0.2, 0) is 4.74 Å². The summed E-state index contributed by atoms with van der Waals surface area (Å²) in [6, 6.07) is 0.988. The van der Waals surface area contributed by atoms with E-state index in [1.54, 1.807) is 0 Å². The smallest absolute Gasteiger partial charge is 0.317 e. The molecule has 2 N–H and O–H groups in total. The van der Waals surface area contributed by atoms with Crippen LogP contribution in [0.3, 0.4) is 0 Å². The van der Waals surface area contributed by atoms with Gasteiger partial charge in [0.2, 0.25) is 0 Å². The molecule has 3 aliphatic rings. The van der Waals surface area contributed by atoms with Gasteiger partial charge in [0.05, 0.1) is 12.6 Å². The Bertz CT molecular complexity index is 294. The van der Waals surface area contributed by atoms with Crippen LogP contribution in [0.5, 0.6) is 0 Å². The summed E-state index contributed by atoms with van der Waals surface area (Å²) in [5, 5.41) is 6.34. The van der Waals surface area contributed by atoms with Gasteiger partial charge < -0.3 is 20.3 Å². The van der Waals surface area contributed by atoms with Crippen molar-refractivity contribution in [3.8, 4) is 0 Å². The van der Waals surface area contributed by atoms with E-state index in [1.807, 2.05) is 4.90 Å². The first-order valence-electron chi connectivity index (χ1n) is 6.91. The van der Waals surface area contributed by atoms with E-state index in [0.717, 1.165) is 52.3 Å². The monoisotopic (exact) mass is 254 g/mol. The zero-order valence-corrected chi connectivity index (χ0v) is 10.7. The Morgan fingerprint density at radius 2 is 2.00 bits per heavy atom. The van der Waals surface area contributed by atoms with E-state index in [4.69, 9.17) is 4.74 Å². The average molecular weight is 254 g/mol. The van der Waals surface area contributed by atoms with Crippen molar-refractivity contribution < 1.29 is 9.53 Å². The zero-order chi connectivity index (χ0) is 12.4. The van der Waals surface area contributed by atoms with Crippen LogP contribution in [0.15, 0.2) is 0 Å². The molecule has 0 aromatic heterocycles. The van der Waals surface area contributed by atoms with Gasteiger partial charge in [0.1, 0.15) is 0 Å². The van der Waals surface area contributed by atoms with Gasteiger partial charge in [-0.05, 0) is 6.42 Å². The second kappa shape index (κ2) is 5.42. The molecule has 0 aliphatic carbocycles. The highest BCUT2D eigenvalue weighted by atomic mass is 16.5. The number of nitrogens with zero attached hydrogens (tertiary/aromatic N) is 2. The molecule has 2 amide bonds. The minimum absolute atomic E-state index is 0.0804. The first-order chi connectivity index (χ1) is 8.83. The van der Waals surface area contributed by atoms with E-state index in [-0.39, 0.29) is 12.1 Å². The SMILES string of the molecule is O=C(NC1CCOC1)N1CCN(C2CNC2)CC1. The van der Waals surface area contributed by atoms with Gasteiger partial charge in [-0.3, -0.25) is 4.90 Å². The number of piperazine rings is 1. The fourth-order valence-corrected chi connectivity index (χ4v) is 2.74. The molecule has 0 bridgehead atoms. The number of carbonyl (C=O) groups excluding carboxylic acids is 1. The number of amides is 2. The Balaban J connectivity index is 1.42. The van der Waals surface area contributed by atoms with Crippen molar-refractivity contribution in [1.29, 1.82) is 0 Å². The van der Waals surface area contributed by atoms with Crippen molar-refractivity contribution in [3.05, 3.63) is 0 Å². The summed E-state index contributed by atoms with van der Waals surface area (Å²) in [5.74, 6) is 0. The largest absolute Gasteiger partial charge is 0.379 e. The maximum Gasteiger partial charge on any atom is 0.317 e. The highest BCUT2D eigenvalue weighted by Crippen LogP contribution is 2.10. The molecular formula is C12H22N4O2. The van der Waals surface area contributed by atoms with Crippen LogP contribution in [0.25, 0.3) is 0 Å².